The largest absolute Gasteiger partial charge is 0.467 e. The van der Waals surface area contributed by atoms with Crippen molar-refractivity contribution in [3.05, 3.63) is 29.3 Å². The number of carbonyl (C=O) groups excluding carboxylic acids is 2. The van der Waals surface area contributed by atoms with Crippen LogP contribution < -0.4 is 16.8 Å². The van der Waals surface area contributed by atoms with Crippen molar-refractivity contribution >= 4 is 34.3 Å². The first-order chi connectivity index (χ1) is 12.4. The van der Waals surface area contributed by atoms with Gasteiger partial charge in [-0.05, 0) is 12.1 Å². The van der Waals surface area contributed by atoms with Crippen LogP contribution in [0.15, 0.2) is 28.6 Å². The molecule has 0 fully saturated rings. The molecule has 0 bridgehead atoms. The number of hydrogen-bond donors (Lipinski definition) is 3. The smallest absolute Gasteiger partial charge is 0.334 e. The highest BCUT2D eigenvalue weighted by Gasteiger charge is 2.25. The Labute approximate surface area is 153 Å². The lowest BCUT2D eigenvalue weighted by Crippen LogP contribution is -2.37. The summed E-state index contributed by atoms with van der Waals surface area (Å²) in [6, 6.07) is 3.93. The summed E-state index contributed by atoms with van der Waals surface area (Å²) in [4.78, 5) is 36.4. The number of amides is 1. The Bertz CT molecular complexity index is 818. The van der Waals surface area contributed by atoms with Crippen LogP contribution in [0, 0.1) is 0 Å². The van der Waals surface area contributed by atoms with E-state index in [1.54, 1.807) is 23.6 Å². The minimum Gasteiger partial charge on any atom is -0.467 e. The first-order valence-electron chi connectivity index (χ1n) is 7.33. The van der Waals surface area contributed by atoms with Gasteiger partial charge in [0, 0.05) is 12.5 Å². The quantitative estimate of drug-likeness (QED) is 0.348. The average Bonchev–Trinajstić information content (AvgIpc) is 3.07. The van der Waals surface area contributed by atoms with Gasteiger partial charge in [-0.3, -0.25) is 4.79 Å². The van der Waals surface area contributed by atoms with E-state index in [1.807, 2.05) is 0 Å². The number of pyridine rings is 1. The van der Waals surface area contributed by atoms with Crippen molar-refractivity contribution in [3.8, 4) is 11.4 Å². The summed E-state index contributed by atoms with van der Waals surface area (Å²) >= 11 is 1.24. The van der Waals surface area contributed by atoms with Crippen molar-refractivity contribution in [1.29, 1.82) is 0 Å². The van der Waals surface area contributed by atoms with E-state index in [1.165, 1.54) is 25.6 Å². The van der Waals surface area contributed by atoms with Gasteiger partial charge < -0.3 is 26.3 Å². The molecule has 0 aliphatic heterocycles. The molecule has 2 rings (SSSR count). The molecular formula is C15H18N6O4S. The zero-order valence-electron chi connectivity index (χ0n) is 14.1. The maximum atomic E-state index is 12.0. The van der Waals surface area contributed by atoms with Gasteiger partial charge in [-0.1, -0.05) is 6.07 Å². The standard InChI is InChI=1S/C15H18N6O4S/c1-24-6-11(22)20-12(13(23)25-2)9-5-3-4-8(18-9)10-7-26-15(19-10)21-14(16)17/h3-5,7,12H,6H2,1-2H3,(H,20,22)(H4,16,17,19,21). The molecule has 1 atom stereocenters. The van der Waals surface area contributed by atoms with E-state index in [0.29, 0.717) is 22.2 Å². The molecule has 2 heterocycles. The number of methoxy groups -OCH3 is 2. The number of hydrogen-bond acceptors (Lipinski definition) is 8. The lowest BCUT2D eigenvalue weighted by atomic mass is 10.1. The van der Waals surface area contributed by atoms with Gasteiger partial charge in [0.1, 0.15) is 12.3 Å². The number of carbonyl (C=O) groups is 2. The van der Waals surface area contributed by atoms with Gasteiger partial charge in [0.15, 0.2) is 12.0 Å². The van der Waals surface area contributed by atoms with Gasteiger partial charge in [0.05, 0.1) is 18.5 Å². The van der Waals surface area contributed by atoms with Crippen molar-refractivity contribution in [1.82, 2.24) is 15.3 Å². The van der Waals surface area contributed by atoms with Crippen LogP contribution in [0.2, 0.25) is 0 Å². The summed E-state index contributed by atoms with van der Waals surface area (Å²) in [7, 11) is 2.60. The summed E-state index contributed by atoms with van der Waals surface area (Å²) < 4.78 is 9.50. The molecule has 5 N–H and O–H groups in total. The van der Waals surface area contributed by atoms with E-state index >= 15 is 0 Å². The Morgan fingerprint density at radius 1 is 1.27 bits per heavy atom. The van der Waals surface area contributed by atoms with Crippen molar-refractivity contribution < 1.29 is 19.1 Å². The lowest BCUT2D eigenvalue weighted by molar-refractivity contribution is -0.145. The second-order valence-corrected chi connectivity index (χ2v) is 5.79. The Kier molecular flexibility index (Phi) is 6.58. The van der Waals surface area contributed by atoms with Crippen LogP contribution in [-0.2, 0) is 19.1 Å². The maximum Gasteiger partial charge on any atom is 0.334 e. The topological polar surface area (TPSA) is 155 Å². The van der Waals surface area contributed by atoms with Crippen molar-refractivity contribution in [2.24, 2.45) is 16.5 Å². The second-order valence-electron chi connectivity index (χ2n) is 4.96. The van der Waals surface area contributed by atoms with Gasteiger partial charge >= 0.3 is 5.97 Å². The Morgan fingerprint density at radius 2 is 2.04 bits per heavy atom. The average molecular weight is 378 g/mol. The number of nitrogens with one attached hydrogen (secondary N) is 1. The molecule has 0 aliphatic carbocycles. The fourth-order valence-electron chi connectivity index (χ4n) is 2.00. The molecule has 0 aromatic carbocycles. The maximum absolute atomic E-state index is 12.0. The predicted molar refractivity (Wildman–Crippen MR) is 95.6 cm³/mol. The highest BCUT2D eigenvalue weighted by molar-refractivity contribution is 7.13. The van der Waals surface area contributed by atoms with Gasteiger partial charge in [-0.15, -0.1) is 11.3 Å². The van der Waals surface area contributed by atoms with E-state index in [2.05, 4.69) is 20.3 Å². The molecule has 0 saturated heterocycles. The predicted octanol–water partition coefficient (Wildman–Crippen LogP) is 0.0867. The number of rotatable bonds is 7. The van der Waals surface area contributed by atoms with Gasteiger partial charge in [-0.2, -0.15) is 4.99 Å². The molecule has 138 valence electrons. The summed E-state index contributed by atoms with van der Waals surface area (Å²) in [5.41, 5.74) is 12.0. The van der Waals surface area contributed by atoms with Gasteiger partial charge in [0.2, 0.25) is 11.0 Å². The van der Waals surface area contributed by atoms with Crippen molar-refractivity contribution in [2.45, 2.75) is 6.04 Å². The third-order valence-electron chi connectivity index (χ3n) is 3.06. The number of ether oxygens (including phenoxy) is 2. The molecule has 2 aromatic heterocycles. The molecule has 11 heteroatoms. The van der Waals surface area contributed by atoms with Gasteiger partial charge in [-0.25, -0.2) is 14.8 Å². The van der Waals surface area contributed by atoms with E-state index in [4.69, 9.17) is 20.9 Å². The first-order valence-corrected chi connectivity index (χ1v) is 8.21. The Balaban J connectivity index is 2.32. The monoisotopic (exact) mass is 378 g/mol. The van der Waals surface area contributed by atoms with Crippen LogP contribution in [0.3, 0.4) is 0 Å². The summed E-state index contributed by atoms with van der Waals surface area (Å²) in [5, 5.41) is 4.63. The number of esters is 1. The summed E-state index contributed by atoms with van der Waals surface area (Å²) in [6.07, 6.45) is 0. The zero-order valence-corrected chi connectivity index (χ0v) is 14.9. The van der Waals surface area contributed by atoms with E-state index in [9.17, 15) is 9.59 Å². The molecular weight excluding hydrogens is 360 g/mol. The number of nitrogens with zero attached hydrogens (tertiary/aromatic N) is 3. The minimum atomic E-state index is -1.07. The summed E-state index contributed by atoms with van der Waals surface area (Å²) in [6.45, 7) is -0.193. The lowest BCUT2D eigenvalue weighted by Gasteiger charge is -2.16. The number of thiazole rings is 1. The number of aliphatic imine (C=N–C) groups is 1. The molecule has 0 spiro atoms. The molecule has 0 aliphatic rings. The van der Waals surface area contributed by atoms with E-state index < -0.39 is 17.9 Å². The van der Waals surface area contributed by atoms with Crippen molar-refractivity contribution in [2.75, 3.05) is 20.8 Å². The van der Waals surface area contributed by atoms with Crippen LogP contribution in [0.25, 0.3) is 11.4 Å². The first kappa shape index (κ1) is 19.3. The molecule has 10 nitrogen and oxygen atoms in total. The van der Waals surface area contributed by atoms with E-state index in [-0.39, 0.29) is 12.6 Å². The number of guanidine groups is 1. The highest BCUT2D eigenvalue weighted by Crippen LogP contribution is 2.26. The molecule has 26 heavy (non-hydrogen) atoms. The fraction of sp³-hybridized carbons (Fsp3) is 0.267. The third-order valence-corrected chi connectivity index (χ3v) is 3.80. The van der Waals surface area contributed by atoms with Gasteiger partial charge in [0.25, 0.3) is 0 Å². The summed E-state index contributed by atoms with van der Waals surface area (Å²) in [5.74, 6) is -1.23. The molecule has 2 aromatic rings. The molecule has 1 unspecified atom stereocenters. The Hall–Kier alpha value is -3.05. The zero-order chi connectivity index (χ0) is 19.1. The highest BCUT2D eigenvalue weighted by atomic mass is 32.1. The van der Waals surface area contributed by atoms with Crippen LogP contribution in [0.1, 0.15) is 11.7 Å². The van der Waals surface area contributed by atoms with Crippen LogP contribution in [0.4, 0.5) is 5.13 Å². The number of nitrogens with two attached hydrogens (primary N) is 2. The van der Waals surface area contributed by atoms with Crippen LogP contribution in [-0.4, -0.2) is 48.6 Å². The fourth-order valence-corrected chi connectivity index (χ4v) is 2.70. The molecule has 1 amide bonds. The Morgan fingerprint density at radius 3 is 2.69 bits per heavy atom. The van der Waals surface area contributed by atoms with E-state index in [0.717, 1.165) is 0 Å². The van der Waals surface area contributed by atoms with Crippen LogP contribution in [0.5, 0.6) is 0 Å². The molecule has 0 saturated carbocycles. The second kappa shape index (κ2) is 8.87. The van der Waals surface area contributed by atoms with Crippen LogP contribution >= 0.6 is 11.3 Å². The third kappa shape index (κ3) is 4.97. The minimum absolute atomic E-state index is 0.0979. The normalized spacial score (nSPS) is 11.5. The van der Waals surface area contributed by atoms with Crippen molar-refractivity contribution in [3.63, 3.8) is 0 Å². The number of aromatic nitrogens is 2. The molecule has 0 radical (unpaired) electrons. The SMILES string of the molecule is COCC(=O)NC(C(=O)OC)c1cccc(-c2csc(N=C(N)N)n2)n1.